The maximum atomic E-state index is 12.6. The van der Waals surface area contributed by atoms with Crippen LogP contribution in [0.3, 0.4) is 0 Å². The lowest BCUT2D eigenvalue weighted by Gasteiger charge is -2.21. The van der Waals surface area contributed by atoms with Crippen molar-refractivity contribution in [2.24, 2.45) is 5.41 Å². The normalized spacial score (nSPS) is 19.3. The van der Waals surface area contributed by atoms with E-state index in [0.717, 1.165) is 13.0 Å². The summed E-state index contributed by atoms with van der Waals surface area (Å²) in [5, 5.41) is 10.6. The van der Waals surface area contributed by atoms with Crippen LogP contribution in [0.5, 0.6) is 11.5 Å². The molecule has 4 heterocycles. The molecule has 0 saturated carbocycles. The van der Waals surface area contributed by atoms with E-state index in [2.05, 4.69) is 20.2 Å². The second-order valence-electron chi connectivity index (χ2n) is 9.69. The fraction of sp³-hybridized carbons (Fsp3) is 0.423. The quantitative estimate of drug-likeness (QED) is 0.559. The number of carbonyl (C=O) groups is 2. The van der Waals surface area contributed by atoms with Gasteiger partial charge in [-0.1, -0.05) is 13.8 Å². The lowest BCUT2D eigenvalue weighted by molar-refractivity contribution is -0.131. The zero-order chi connectivity index (χ0) is 25.9. The lowest BCUT2D eigenvalue weighted by atomic mass is 9.92. The average Bonchev–Trinajstić information content (AvgIpc) is 3.48. The summed E-state index contributed by atoms with van der Waals surface area (Å²) in [5.41, 5.74) is 1.31. The van der Waals surface area contributed by atoms with Crippen LogP contribution in [0.2, 0.25) is 0 Å². The molecule has 10 heteroatoms. The first-order valence-electron chi connectivity index (χ1n) is 11.9. The highest BCUT2D eigenvalue weighted by molar-refractivity contribution is 6.07. The molecule has 3 amide bonds. The van der Waals surface area contributed by atoms with Crippen LogP contribution >= 0.6 is 0 Å². The number of nitrogens with zero attached hydrogens (tertiary/aromatic N) is 4. The van der Waals surface area contributed by atoms with Gasteiger partial charge >= 0.3 is 6.03 Å². The number of urea groups is 1. The fourth-order valence-electron chi connectivity index (χ4n) is 4.17. The smallest absolute Gasteiger partial charge is 0.329 e. The Bertz CT molecular complexity index is 1190. The summed E-state index contributed by atoms with van der Waals surface area (Å²) in [4.78, 5) is 37.1. The molecule has 2 aromatic rings. The number of allylic oxidation sites excluding steroid dienone is 1. The molecule has 0 unspecified atom stereocenters. The number of amides is 3. The molecule has 10 nitrogen and oxygen atoms in total. The highest BCUT2D eigenvalue weighted by Gasteiger charge is 2.41. The summed E-state index contributed by atoms with van der Waals surface area (Å²) in [7, 11) is 1.97. The molecule has 0 bridgehead atoms. The summed E-state index contributed by atoms with van der Waals surface area (Å²) >= 11 is 0. The number of likely N-dealkylation sites (N-methyl/N-ethyl adjacent to an activating group) is 1. The van der Waals surface area contributed by atoms with Crippen LogP contribution in [0, 0.1) is 17.7 Å². The summed E-state index contributed by atoms with van der Waals surface area (Å²) in [5.74, 6) is 1.22. The van der Waals surface area contributed by atoms with Gasteiger partial charge in [-0.15, -0.1) is 0 Å². The first-order chi connectivity index (χ1) is 17.2. The third-order valence-electron chi connectivity index (χ3n) is 6.54. The van der Waals surface area contributed by atoms with E-state index >= 15 is 0 Å². The highest BCUT2D eigenvalue weighted by atomic mass is 16.5. The Morgan fingerprint density at radius 2 is 2.17 bits per heavy atom. The van der Waals surface area contributed by atoms with Crippen molar-refractivity contribution in [2.45, 2.75) is 39.7 Å². The highest BCUT2D eigenvalue weighted by Crippen LogP contribution is 2.31. The second-order valence-corrected chi connectivity index (χ2v) is 9.69. The number of aryl methyl sites for hydroxylation is 1. The lowest BCUT2D eigenvalue weighted by Crippen LogP contribution is -2.39. The Kier molecular flexibility index (Phi) is 7.35. The van der Waals surface area contributed by atoms with Crippen molar-refractivity contribution in [3.63, 3.8) is 0 Å². The number of hydrogen-bond donors (Lipinski definition) is 2. The fourth-order valence-corrected chi connectivity index (χ4v) is 4.17. The van der Waals surface area contributed by atoms with Gasteiger partial charge in [0.1, 0.15) is 17.3 Å². The van der Waals surface area contributed by atoms with Gasteiger partial charge in [0.2, 0.25) is 5.91 Å². The van der Waals surface area contributed by atoms with Crippen LogP contribution in [0.1, 0.15) is 38.1 Å². The first-order valence-corrected chi connectivity index (χ1v) is 11.9. The molecule has 0 aliphatic carbocycles. The number of anilines is 1. The number of imide groups is 1. The molecule has 2 fully saturated rings. The predicted molar refractivity (Wildman–Crippen MR) is 136 cm³/mol. The number of aromatic nitrogens is 2. The average molecular weight is 493 g/mol. The Hall–Kier alpha value is -3.79. The minimum absolute atomic E-state index is 0.189. The molecule has 2 N–H and O–H groups in total. The van der Waals surface area contributed by atoms with Crippen LogP contribution in [0.15, 0.2) is 36.7 Å². The van der Waals surface area contributed by atoms with Crippen LogP contribution < -0.4 is 10.1 Å². The van der Waals surface area contributed by atoms with E-state index in [0.29, 0.717) is 53.9 Å². The van der Waals surface area contributed by atoms with Gasteiger partial charge in [-0.05, 0) is 38.0 Å². The van der Waals surface area contributed by atoms with Gasteiger partial charge in [-0.3, -0.25) is 20.0 Å². The zero-order valence-corrected chi connectivity index (χ0v) is 21.1. The molecule has 2 aliphatic heterocycles. The first kappa shape index (κ1) is 25.3. The maximum Gasteiger partial charge on any atom is 0.329 e. The van der Waals surface area contributed by atoms with E-state index in [-0.39, 0.29) is 11.9 Å². The van der Waals surface area contributed by atoms with E-state index in [9.17, 15) is 9.59 Å². The molecule has 2 saturated heterocycles. The van der Waals surface area contributed by atoms with Gasteiger partial charge < -0.3 is 19.8 Å². The van der Waals surface area contributed by atoms with Crippen molar-refractivity contribution in [3.8, 4) is 11.5 Å². The number of carbonyl (C=O) groups excluding carboxylic acids is 2. The number of ether oxygens (including phenoxy) is 2. The Labute approximate surface area is 210 Å². The Morgan fingerprint density at radius 1 is 1.36 bits per heavy atom. The van der Waals surface area contributed by atoms with Crippen molar-refractivity contribution < 1.29 is 19.1 Å². The number of likely N-dealkylation sites (tertiary alicyclic amines) is 1. The van der Waals surface area contributed by atoms with Crippen LogP contribution in [0.4, 0.5) is 10.6 Å². The Morgan fingerprint density at radius 3 is 2.81 bits per heavy atom. The van der Waals surface area contributed by atoms with Crippen LogP contribution in [0.25, 0.3) is 5.57 Å². The molecule has 190 valence electrons. The van der Waals surface area contributed by atoms with Gasteiger partial charge in [0, 0.05) is 55.9 Å². The minimum atomic E-state index is -0.533. The van der Waals surface area contributed by atoms with E-state index in [4.69, 9.17) is 14.9 Å². The van der Waals surface area contributed by atoms with Crippen LogP contribution in [-0.2, 0) is 9.53 Å². The van der Waals surface area contributed by atoms with Crippen molar-refractivity contribution >= 4 is 29.5 Å². The summed E-state index contributed by atoms with van der Waals surface area (Å²) in [6.45, 7) is 7.26. The van der Waals surface area contributed by atoms with E-state index in [1.807, 2.05) is 27.1 Å². The Balaban J connectivity index is 1.44. The van der Waals surface area contributed by atoms with Gasteiger partial charge in [-0.2, -0.15) is 0 Å². The van der Waals surface area contributed by atoms with E-state index in [1.54, 1.807) is 37.4 Å². The molecule has 1 atom stereocenters. The van der Waals surface area contributed by atoms with Gasteiger partial charge in [0.15, 0.2) is 0 Å². The molecule has 0 radical (unpaired) electrons. The van der Waals surface area contributed by atoms with Crippen molar-refractivity contribution in [3.05, 3.63) is 48.1 Å². The third kappa shape index (κ3) is 5.54. The predicted octanol–water partition coefficient (Wildman–Crippen LogP) is 4.08. The minimum Gasteiger partial charge on any atom is -0.455 e. The SMILES string of the molecule is Cc1nc(NC(=O)N2CCC(C)(C)C2=O)ccc1Oc1ccnc(/C(C=N)=C/N(C)[C@H]2CCOC2)c1. The summed E-state index contributed by atoms with van der Waals surface area (Å²) in [6, 6.07) is 6.65. The molecular weight excluding hydrogens is 460 g/mol. The van der Waals surface area contributed by atoms with Crippen molar-refractivity contribution in [2.75, 3.05) is 32.1 Å². The molecule has 2 aliphatic rings. The standard InChI is InChI=1S/C26H32N6O4/c1-17-22(5-6-23(29-17)30-25(34)32-11-9-26(2,3)24(32)33)36-20-7-10-28-21(13-20)18(14-27)15-31(4)19-8-12-35-16-19/h5-7,10,13-15,19,27H,8-9,11-12,16H2,1-4H3,(H,29,30,34)/b18-15+,27-14?/t19-/m0/s1. The monoisotopic (exact) mass is 492 g/mol. The second kappa shape index (κ2) is 10.4. The number of pyridine rings is 2. The van der Waals surface area contributed by atoms with E-state index < -0.39 is 11.4 Å². The van der Waals surface area contributed by atoms with Crippen molar-refractivity contribution in [1.82, 2.24) is 19.8 Å². The van der Waals surface area contributed by atoms with Gasteiger partial charge in [-0.25, -0.2) is 9.78 Å². The number of hydrogen-bond acceptors (Lipinski definition) is 8. The van der Waals surface area contributed by atoms with Crippen molar-refractivity contribution in [1.29, 1.82) is 5.41 Å². The van der Waals surface area contributed by atoms with Crippen LogP contribution in [-0.4, -0.2) is 70.8 Å². The molecule has 4 rings (SSSR count). The van der Waals surface area contributed by atoms with Gasteiger partial charge in [0.05, 0.1) is 24.0 Å². The largest absolute Gasteiger partial charge is 0.455 e. The molecule has 36 heavy (non-hydrogen) atoms. The number of rotatable bonds is 7. The maximum absolute atomic E-state index is 12.6. The topological polar surface area (TPSA) is 121 Å². The number of nitrogens with one attached hydrogen (secondary N) is 2. The molecular formula is C26H32N6O4. The summed E-state index contributed by atoms with van der Waals surface area (Å²) in [6.07, 6.45) is 6.38. The molecule has 0 aromatic carbocycles. The third-order valence-corrected chi connectivity index (χ3v) is 6.54. The molecule has 2 aromatic heterocycles. The molecule has 0 spiro atoms. The zero-order valence-electron chi connectivity index (χ0n) is 21.1. The summed E-state index contributed by atoms with van der Waals surface area (Å²) < 4.78 is 11.5. The van der Waals surface area contributed by atoms with Gasteiger partial charge in [0.25, 0.3) is 0 Å². The van der Waals surface area contributed by atoms with E-state index in [1.165, 1.54) is 11.1 Å².